The quantitative estimate of drug-likeness (QED) is 0.799. The Morgan fingerprint density at radius 2 is 2.05 bits per heavy atom. The number of rotatable bonds is 2. The highest BCUT2D eigenvalue weighted by Crippen LogP contribution is 2.08. The molecule has 0 unspecified atom stereocenters. The van der Waals surface area contributed by atoms with Gasteiger partial charge in [-0.05, 0) is 18.2 Å². The molecule has 1 amide bonds. The summed E-state index contributed by atoms with van der Waals surface area (Å²) < 4.78 is 0. The van der Waals surface area contributed by atoms with Crippen LogP contribution in [0.2, 0.25) is 0 Å². The number of aromatic nitrogens is 1. The molecule has 4 nitrogen and oxygen atoms in total. The van der Waals surface area contributed by atoms with Crippen molar-refractivity contribution < 1.29 is 9.90 Å². The molecule has 0 spiro atoms. The SMILES string of the molecule is O=C(Nc1ccccc1)c1cncc(C#CCO)c1. The van der Waals surface area contributed by atoms with Crippen LogP contribution in [-0.2, 0) is 0 Å². The van der Waals surface area contributed by atoms with Crippen molar-refractivity contribution in [2.75, 3.05) is 11.9 Å². The maximum Gasteiger partial charge on any atom is 0.257 e. The summed E-state index contributed by atoms with van der Waals surface area (Å²) in [5, 5.41) is 11.4. The fourth-order valence-corrected chi connectivity index (χ4v) is 1.50. The smallest absolute Gasteiger partial charge is 0.257 e. The van der Waals surface area contributed by atoms with Gasteiger partial charge in [0.05, 0.1) is 5.56 Å². The molecule has 0 aliphatic carbocycles. The van der Waals surface area contributed by atoms with Crippen LogP contribution in [0.4, 0.5) is 5.69 Å². The van der Waals surface area contributed by atoms with Gasteiger partial charge in [-0.3, -0.25) is 9.78 Å². The molecule has 0 radical (unpaired) electrons. The number of anilines is 1. The van der Waals surface area contributed by atoms with Crippen LogP contribution in [-0.4, -0.2) is 22.6 Å². The van der Waals surface area contributed by atoms with Crippen molar-refractivity contribution >= 4 is 11.6 Å². The summed E-state index contributed by atoms with van der Waals surface area (Å²) >= 11 is 0. The first-order valence-electron chi connectivity index (χ1n) is 5.71. The van der Waals surface area contributed by atoms with Gasteiger partial charge >= 0.3 is 0 Å². The van der Waals surface area contributed by atoms with Crippen LogP contribution in [0.15, 0.2) is 48.8 Å². The first-order chi connectivity index (χ1) is 9.29. The van der Waals surface area contributed by atoms with E-state index < -0.39 is 0 Å². The lowest BCUT2D eigenvalue weighted by atomic mass is 10.2. The zero-order valence-electron chi connectivity index (χ0n) is 10.1. The first kappa shape index (κ1) is 12.8. The highest BCUT2D eigenvalue weighted by Gasteiger charge is 2.06. The number of nitrogens with zero attached hydrogens (tertiary/aromatic N) is 1. The standard InChI is InChI=1S/C15H12N2O2/c18-8-4-5-12-9-13(11-16-10-12)15(19)17-14-6-2-1-3-7-14/h1-3,6-7,9-11,18H,8H2,(H,17,19). The minimum atomic E-state index is -0.244. The Bertz CT molecular complexity index is 627. The van der Waals surface area contributed by atoms with E-state index in [1.807, 2.05) is 18.2 Å². The van der Waals surface area contributed by atoms with Crippen molar-refractivity contribution in [3.63, 3.8) is 0 Å². The summed E-state index contributed by atoms with van der Waals surface area (Å²) in [6, 6.07) is 10.8. The number of pyridine rings is 1. The van der Waals surface area contributed by atoms with Crippen LogP contribution in [0.1, 0.15) is 15.9 Å². The number of amides is 1. The first-order valence-corrected chi connectivity index (χ1v) is 5.71. The molecular weight excluding hydrogens is 240 g/mol. The summed E-state index contributed by atoms with van der Waals surface area (Å²) in [6.07, 6.45) is 3.02. The second-order valence-electron chi connectivity index (χ2n) is 3.74. The summed E-state index contributed by atoms with van der Waals surface area (Å²) in [7, 11) is 0. The molecule has 1 aromatic carbocycles. The molecule has 2 aromatic rings. The molecule has 0 saturated heterocycles. The van der Waals surface area contributed by atoms with Gasteiger partial charge in [0, 0.05) is 23.6 Å². The predicted octanol–water partition coefficient (Wildman–Crippen LogP) is 1.68. The fourth-order valence-electron chi connectivity index (χ4n) is 1.50. The van der Waals surface area contributed by atoms with Crippen molar-refractivity contribution in [1.29, 1.82) is 0 Å². The zero-order valence-corrected chi connectivity index (χ0v) is 10.1. The molecule has 4 heteroatoms. The highest BCUT2D eigenvalue weighted by atomic mass is 16.2. The average Bonchev–Trinajstić information content (AvgIpc) is 2.46. The Labute approximate surface area is 111 Å². The van der Waals surface area contributed by atoms with Crippen molar-refractivity contribution in [3.05, 3.63) is 59.9 Å². The van der Waals surface area contributed by atoms with Gasteiger partial charge in [0.1, 0.15) is 6.61 Å². The number of hydrogen-bond donors (Lipinski definition) is 2. The average molecular weight is 252 g/mol. The highest BCUT2D eigenvalue weighted by molar-refractivity contribution is 6.04. The van der Waals surface area contributed by atoms with Crippen LogP contribution in [0.25, 0.3) is 0 Å². The third kappa shape index (κ3) is 3.66. The largest absolute Gasteiger partial charge is 0.384 e. The van der Waals surface area contributed by atoms with E-state index >= 15 is 0 Å². The van der Waals surface area contributed by atoms with E-state index in [9.17, 15) is 4.79 Å². The normalized spacial score (nSPS) is 9.32. The Morgan fingerprint density at radius 1 is 1.26 bits per heavy atom. The minimum absolute atomic E-state index is 0.222. The topological polar surface area (TPSA) is 62.2 Å². The molecule has 0 saturated carbocycles. The van der Waals surface area contributed by atoms with Crippen LogP contribution < -0.4 is 5.32 Å². The maximum atomic E-state index is 12.0. The molecule has 94 valence electrons. The second kappa shape index (κ2) is 6.34. The number of carbonyl (C=O) groups is 1. The molecule has 0 aliphatic heterocycles. The van der Waals surface area contributed by atoms with Gasteiger partial charge in [-0.25, -0.2) is 0 Å². The third-order valence-electron chi connectivity index (χ3n) is 2.34. The van der Waals surface area contributed by atoms with Crippen LogP contribution in [0.5, 0.6) is 0 Å². The van der Waals surface area contributed by atoms with E-state index in [1.165, 1.54) is 6.20 Å². The molecule has 1 aromatic heterocycles. The van der Waals surface area contributed by atoms with E-state index in [0.717, 1.165) is 5.69 Å². The van der Waals surface area contributed by atoms with Crippen molar-refractivity contribution in [1.82, 2.24) is 4.98 Å². The zero-order chi connectivity index (χ0) is 13.5. The van der Waals surface area contributed by atoms with E-state index in [1.54, 1.807) is 24.4 Å². The van der Waals surface area contributed by atoms with Gasteiger partial charge in [0.25, 0.3) is 5.91 Å². The monoisotopic (exact) mass is 252 g/mol. The predicted molar refractivity (Wildman–Crippen MR) is 72.6 cm³/mol. The van der Waals surface area contributed by atoms with Gasteiger partial charge in [0.2, 0.25) is 0 Å². The number of aliphatic hydroxyl groups excluding tert-OH is 1. The molecule has 2 rings (SSSR count). The van der Waals surface area contributed by atoms with Crippen molar-refractivity contribution in [2.24, 2.45) is 0 Å². The third-order valence-corrected chi connectivity index (χ3v) is 2.34. The van der Waals surface area contributed by atoms with Crippen LogP contribution in [0, 0.1) is 11.8 Å². The van der Waals surface area contributed by atoms with Crippen LogP contribution in [0.3, 0.4) is 0 Å². The second-order valence-corrected chi connectivity index (χ2v) is 3.74. The lowest BCUT2D eigenvalue weighted by Gasteiger charge is -2.04. The molecule has 19 heavy (non-hydrogen) atoms. The Balaban J connectivity index is 2.15. The molecule has 2 N–H and O–H groups in total. The number of nitrogens with one attached hydrogen (secondary N) is 1. The number of aliphatic hydroxyl groups is 1. The number of para-hydroxylation sites is 1. The molecule has 1 heterocycles. The number of benzene rings is 1. The van der Waals surface area contributed by atoms with Gasteiger partial charge in [-0.15, -0.1) is 0 Å². The maximum absolute atomic E-state index is 12.0. The molecule has 0 atom stereocenters. The lowest BCUT2D eigenvalue weighted by molar-refractivity contribution is 0.102. The number of carbonyl (C=O) groups excluding carboxylic acids is 1. The Hall–Kier alpha value is -2.64. The molecular formula is C15H12N2O2. The van der Waals surface area contributed by atoms with Crippen LogP contribution >= 0.6 is 0 Å². The van der Waals surface area contributed by atoms with Gasteiger partial charge in [0.15, 0.2) is 0 Å². The van der Waals surface area contributed by atoms with E-state index in [-0.39, 0.29) is 12.5 Å². The summed E-state index contributed by atoms with van der Waals surface area (Å²) in [6.45, 7) is -0.222. The van der Waals surface area contributed by atoms with Gasteiger partial charge in [-0.1, -0.05) is 30.0 Å². The summed E-state index contributed by atoms with van der Waals surface area (Å²) in [5.41, 5.74) is 1.74. The summed E-state index contributed by atoms with van der Waals surface area (Å²) in [5.74, 6) is 4.98. The van der Waals surface area contributed by atoms with Gasteiger partial charge < -0.3 is 10.4 Å². The molecule has 0 aliphatic rings. The lowest BCUT2D eigenvalue weighted by Crippen LogP contribution is -2.12. The van der Waals surface area contributed by atoms with E-state index in [0.29, 0.717) is 11.1 Å². The van der Waals surface area contributed by atoms with Crippen molar-refractivity contribution in [3.8, 4) is 11.8 Å². The van der Waals surface area contributed by atoms with E-state index in [2.05, 4.69) is 22.1 Å². The van der Waals surface area contributed by atoms with Crippen molar-refractivity contribution in [2.45, 2.75) is 0 Å². The fraction of sp³-hybridized carbons (Fsp3) is 0.0667. The minimum Gasteiger partial charge on any atom is -0.384 e. The van der Waals surface area contributed by atoms with Gasteiger partial charge in [-0.2, -0.15) is 0 Å². The molecule has 0 fully saturated rings. The summed E-state index contributed by atoms with van der Waals surface area (Å²) in [4.78, 5) is 15.9. The van der Waals surface area contributed by atoms with E-state index in [4.69, 9.17) is 5.11 Å². The Kier molecular flexibility index (Phi) is 4.27. The molecule has 0 bridgehead atoms. The Morgan fingerprint density at radius 3 is 2.79 bits per heavy atom. The number of hydrogen-bond acceptors (Lipinski definition) is 3.